The molecule has 0 fully saturated rings. The predicted octanol–water partition coefficient (Wildman–Crippen LogP) is 4.11. The van der Waals surface area contributed by atoms with Crippen molar-refractivity contribution in [3.05, 3.63) is 0 Å². The molecule has 6 heteroatoms. The number of aliphatic hydroxyl groups is 1. The molecule has 0 bridgehead atoms. The second-order valence-corrected chi connectivity index (χ2v) is 10.4. The molecule has 0 aromatic heterocycles. The Labute approximate surface area is 230 Å². The van der Waals surface area contributed by atoms with E-state index in [1.165, 1.54) is 109 Å². The van der Waals surface area contributed by atoms with Crippen LogP contribution in [0.15, 0.2) is 0 Å². The molecule has 0 aliphatic carbocycles. The summed E-state index contributed by atoms with van der Waals surface area (Å²) in [5.41, 5.74) is 0. The Kier molecular flexibility index (Phi) is 28.2. The van der Waals surface area contributed by atoms with Gasteiger partial charge in [0, 0.05) is 5.75 Å². The molecular weight excluding hydrogens is 423 g/mol. The molecule has 0 aromatic carbocycles. The van der Waals surface area contributed by atoms with Gasteiger partial charge in [0.15, 0.2) is 0 Å². The maximum atomic E-state index is 10.5. The van der Waals surface area contributed by atoms with E-state index in [2.05, 4.69) is 6.92 Å². The smallest absolute Gasteiger partial charge is 0.748 e. The van der Waals surface area contributed by atoms with Gasteiger partial charge in [-0.15, -0.1) is 0 Å². The van der Waals surface area contributed by atoms with Crippen molar-refractivity contribution in [1.82, 2.24) is 0 Å². The summed E-state index contributed by atoms with van der Waals surface area (Å²) in [5.74, 6) is -0.451. The maximum Gasteiger partial charge on any atom is 1.00 e. The zero-order valence-corrected chi connectivity index (χ0v) is 24.2. The van der Waals surface area contributed by atoms with Crippen molar-refractivity contribution in [1.29, 1.82) is 0 Å². The molecule has 4 nitrogen and oxygen atoms in total. The van der Waals surface area contributed by atoms with Crippen LogP contribution in [0.5, 0.6) is 0 Å². The monoisotopic (exact) mass is 472 g/mol. The van der Waals surface area contributed by atoms with E-state index < -0.39 is 22.0 Å². The van der Waals surface area contributed by atoms with Crippen LogP contribution in [-0.2, 0) is 10.1 Å². The molecule has 0 saturated carbocycles. The van der Waals surface area contributed by atoms with Crippen LogP contribution in [0.3, 0.4) is 0 Å². The van der Waals surface area contributed by atoms with Gasteiger partial charge in [-0.1, -0.05) is 129 Å². The van der Waals surface area contributed by atoms with Crippen molar-refractivity contribution in [2.45, 2.75) is 148 Å². The molecule has 1 N–H and O–H groups in total. The van der Waals surface area contributed by atoms with Crippen LogP contribution in [0, 0.1) is 0 Å². The van der Waals surface area contributed by atoms with Gasteiger partial charge in [0.2, 0.25) is 0 Å². The van der Waals surface area contributed by atoms with Crippen molar-refractivity contribution in [3.63, 3.8) is 0 Å². The first-order chi connectivity index (χ1) is 14.0. The number of rotatable bonds is 23. The van der Waals surface area contributed by atoms with E-state index in [1.54, 1.807) is 0 Å². The minimum atomic E-state index is -4.19. The molecule has 0 radical (unpaired) electrons. The molecular formula is C24H49KO4S. The Morgan fingerprint density at radius 1 is 0.600 bits per heavy atom. The quantitative estimate of drug-likeness (QED) is 0.138. The van der Waals surface area contributed by atoms with Crippen LogP contribution in [-0.4, -0.2) is 29.9 Å². The summed E-state index contributed by atoms with van der Waals surface area (Å²) in [6, 6.07) is 0. The van der Waals surface area contributed by atoms with Crippen molar-refractivity contribution < 1.29 is 69.5 Å². The Morgan fingerprint density at radius 2 is 0.900 bits per heavy atom. The molecule has 0 spiro atoms. The molecule has 1 atom stereocenters. The first-order valence-corrected chi connectivity index (χ1v) is 14.1. The predicted molar refractivity (Wildman–Crippen MR) is 123 cm³/mol. The van der Waals surface area contributed by atoms with E-state index in [0.29, 0.717) is 6.42 Å². The summed E-state index contributed by atoms with van der Waals surface area (Å²) in [6.07, 6.45) is 25.4. The number of hydrogen-bond donors (Lipinski definition) is 1. The summed E-state index contributed by atoms with van der Waals surface area (Å²) >= 11 is 0. The molecule has 0 aliphatic rings. The number of hydrogen-bond acceptors (Lipinski definition) is 4. The third-order valence-corrected chi connectivity index (χ3v) is 6.58. The molecule has 0 saturated heterocycles. The van der Waals surface area contributed by atoms with E-state index in [0.717, 1.165) is 12.8 Å². The fourth-order valence-electron chi connectivity index (χ4n) is 3.88. The minimum Gasteiger partial charge on any atom is -0.748 e. The molecule has 0 aliphatic heterocycles. The first kappa shape index (κ1) is 33.7. The van der Waals surface area contributed by atoms with Crippen LogP contribution in [0.25, 0.3) is 0 Å². The average molecular weight is 473 g/mol. The Bertz CT molecular complexity index is 429. The van der Waals surface area contributed by atoms with Gasteiger partial charge in [-0.2, -0.15) is 0 Å². The van der Waals surface area contributed by atoms with Crippen molar-refractivity contribution in [2.75, 3.05) is 5.75 Å². The van der Waals surface area contributed by atoms with Gasteiger partial charge in [0.25, 0.3) is 0 Å². The average Bonchev–Trinajstić information content (AvgIpc) is 2.67. The van der Waals surface area contributed by atoms with Crippen LogP contribution in [0.4, 0.5) is 0 Å². The van der Waals surface area contributed by atoms with E-state index >= 15 is 0 Å². The first-order valence-electron chi connectivity index (χ1n) is 12.6. The third-order valence-electron chi connectivity index (χ3n) is 5.84. The van der Waals surface area contributed by atoms with Gasteiger partial charge in [0.05, 0.1) is 16.2 Å². The third kappa shape index (κ3) is 29.5. The summed E-state index contributed by atoms with van der Waals surface area (Å²) < 4.78 is 31.6. The molecule has 30 heavy (non-hydrogen) atoms. The van der Waals surface area contributed by atoms with Crippen molar-refractivity contribution in [2.24, 2.45) is 0 Å². The molecule has 0 heterocycles. The van der Waals surface area contributed by atoms with E-state index in [1.807, 2.05) is 0 Å². The van der Waals surface area contributed by atoms with E-state index in [4.69, 9.17) is 0 Å². The molecule has 0 rings (SSSR count). The zero-order valence-electron chi connectivity index (χ0n) is 20.2. The van der Waals surface area contributed by atoms with Crippen molar-refractivity contribution >= 4 is 10.1 Å². The van der Waals surface area contributed by atoms with E-state index in [9.17, 15) is 18.1 Å². The van der Waals surface area contributed by atoms with Crippen molar-refractivity contribution in [3.8, 4) is 0 Å². The van der Waals surface area contributed by atoms with Gasteiger partial charge < -0.3 is 9.66 Å². The van der Waals surface area contributed by atoms with Gasteiger partial charge >= 0.3 is 51.4 Å². The SMILES string of the molecule is CCCCCCCCCCCCCCCCCCCCCC(O)CCS(=O)(=O)[O-].[K+]. The molecule has 176 valence electrons. The zero-order chi connectivity index (χ0) is 21.6. The second-order valence-electron chi connectivity index (χ2n) is 8.86. The maximum absolute atomic E-state index is 10.5. The fraction of sp³-hybridized carbons (Fsp3) is 1.00. The van der Waals surface area contributed by atoms with E-state index in [-0.39, 0.29) is 57.8 Å². The number of unbranched alkanes of at least 4 members (excludes halogenated alkanes) is 18. The number of aliphatic hydroxyl groups excluding tert-OH is 1. The van der Waals surface area contributed by atoms with Crippen LogP contribution < -0.4 is 51.4 Å². The summed E-state index contributed by atoms with van der Waals surface area (Å²) in [4.78, 5) is 0. The summed E-state index contributed by atoms with van der Waals surface area (Å²) in [7, 11) is -4.19. The second kappa shape index (κ2) is 25.1. The van der Waals surface area contributed by atoms with Gasteiger partial charge in [-0.05, 0) is 12.8 Å². The molecule has 1 unspecified atom stereocenters. The van der Waals surface area contributed by atoms with Crippen LogP contribution in [0.1, 0.15) is 142 Å². The standard InChI is InChI=1S/C24H50O4S.K/c1-2-3-4-5-6-7-8-9-10-11-12-13-14-15-16-17-18-19-20-21-24(25)22-23-29(26,27)28;/h24-25H,2-23H2,1H3,(H,26,27,28);/q;+1/p-1. The van der Waals surface area contributed by atoms with Gasteiger partial charge in [-0.25, -0.2) is 8.42 Å². The Hall–Kier alpha value is 1.51. The normalized spacial score (nSPS) is 12.6. The van der Waals surface area contributed by atoms with Gasteiger partial charge in [-0.3, -0.25) is 0 Å². The topological polar surface area (TPSA) is 77.4 Å². The van der Waals surface area contributed by atoms with Crippen LogP contribution in [0.2, 0.25) is 0 Å². The molecule has 0 aromatic rings. The summed E-state index contributed by atoms with van der Waals surface area (Å²) in [5, 5.41) is 9.65. The minimum absolute atomic E-state index is 0. The van der Waals surface area contributed by atoms with Crippen LogP contribution >= 0.6 is 0 Å². The van der Waals surface area contributed by atoms with Gasteiger partial charge in [0.1, 0.15) is 0 Å². The molecule has 0 amide bonds. The summed E-state index contributed by atoms with van der Waals surface area (Å²) in [6.45, 7) is 2.27. The Balaban J connectivity index is 0. The fourth-order valence-corrected chi connectivity index (χ4v) is 4.44. The Morgan fingerprint density at radius 3 is 1.20 bits per heavy atom. The largest absolute Gasteiger partial charge is 1.00 e.